The van der Waals surface area contributed by atoms with Crippen molar-refractivity contribution < 1.29 is 14.4 Å². The quantitative estimate of drug-likeness (QED) is 0.356. The van der Waals surface area contributed by atoms with Crippen molar-refractivity contribution in [3.05, 3.63) is 74.4 Å². The van der Waals surface area contributed by atoms with Gasteiger partial charge in [0.25, 0.3) is 11.8 Å². The molecule has 2 heterocycles. The largest absolute Gasteiger partial charge is 0.370 e. The summed E-state index contributed by atoms with van der Waals surface area (Å²) in [7, 11) is 1.64. The van der Waals surface area contributed by atoms with Crippen molar-refractivity contribution in [2.75, 3.05) is 17.3 Å². The van der Waals surface area contributed by atoms with Crippen molar-refractivity contribution in [3.8, 4) is 6.07 Å². The van der Waals surface area contributed by atoms with Gasteiger partial charge >= 0.3 is 0 Å². The van der Waals surface area contributed by atoms with Crippen molar-refractivity contribution in [1.82, 2.24) is 9.55 Å². The summed E-state index contributed by atoms with van der Waals surface area (Å²) < 4.78 is 2.54. The van der Waals surface area contributed by atoms with Gasteiger partial charge in [-0.05, 0) is 70.5 Å². The highest BCUT2D eigenvalue weighted by molar-refractivity contribution is 9.11. The third kappa shape index (κ3) is 5.24. The highest BCUT2D eigenvalue weighted by atomic mass is 79.9. The zero-order valence-electron chi connectivity index (χ0n) is 18.5. The van der Waals surface area contributed by atoms with Crippen molar-refractivity contribution in [1.29, 1.82) is 5.26 Å². The van der Waals surface area contributed by atoms with Crippen LogP contribution >= 0.6 is 27.3 Å². The van der Waals surface area contributed by atoms with Crippen LogP contribution in [0.15, 0.2) is 58.4 Å². The number of nitriles is 1. The summed E-state index contributed by atoms with van der Waals surface area (Å²) in [6.45, 7) is 0.231. The number of benzene rings is 2. The van der Waals surface area contributed by atoms with E-state index in [1.165, 1.54) is 16.2 Å². The van der Waals surface area contributed by atoms with Crippen LogP contribution in [0, 0.1) is 11.3 Å². The van der Waals surface area contributed by atoms with Gasteiger partial charge in [-0.3, -0.25) is 19.7 Å². The number of carbonyl (C=O) groups excluding carboxylic acids is 3. The van der Waals surface area contributed by atoms with Gasteiger partial charge in [-0.15, -0.1) is 11.3 Å². The van der Waals surface area contributed by atoms with Gasteiger partial charge in [-0.25, -0.2) is 4.98 Å². The molecule has 0 fully saturated rings. The topological polar surface area (TPSA) is 134 Å². The first-order chi connectivity index (χ1) is 16.8. The van der Waals surface area contributed by atoms with Gasteiger partial charge in [-0.1, -0.05) is 0 Å². The number of hydrogen-bond acceptors (Lipinski definition) is 6. The van der Waals surface area contributed by atoms with Crippen LogP contribution in [0.2, 0.25) is 0 Å². The van der Waals surface area contributed by atoms with Crippen LogP contribution in [-0.2, 0) is 11.3 Å². The summed E-state index contributed by atoms with van der Waals surface area (Å²) in [5.41, 5.74) is 8.05. The van der Waals surface area contributed by atoms with E-state index in [4.69, 9.17) is 11.0 Å². The molecule has 176 valence electrons. The highest BCUT2D eigenvalue weighted by Crippen LogP contribution is 2.27. The molecule has 3 N–H and O–H groups in total. The van der Waals surface area contributed by atoms with E-state index in [9.17, 15) is 14.4 Å². The average molecular weight is 551 g/mol. The number of aromatic nitrogens is 2. The predicted octanol–water partition coefficient (Wildman–Crippen LogP) is 4.14. The summed E-state index contributed by atoms with van der Waals surface area (Å²) >= 11 is 4.63. The Morgan fingerprint density at radius 3 is 2.54 bits per heavy atom. The number of amides is 3. The Bertz CT molecular complexity index is 1490. The Morgan fingerprint density at radius 1 is 1.17 bits per heavy atom. The van der Waals surface area contributed by atoms with Gasteiger partial charge < -0.3 is 15.2 Å². The first-order valence-corrected chi connectivity index (χ1v) is 12.0. The van der Waals surface area contributed by atoms with E-state index in [0.717, 1.165) is 3.79 Å². The van der Waals surface area contributed by atoms with E-state index in [-0.39, 0.29) is 30.7 Å². The normalized spacial score (nSPS) is 10.7. The maximum atomic E-state index is 12.9. The molecule has 0 aliphatic heterocycles. The number of carbonyl (C=O) groups is 3. The molecule has 0 atom stereocenters. The second-order valence-electron chi connectivity index (χ2n) is 7.59. The lowest BCUT2D eigenvalue weighted by Crippen LogP contribution is -2.26. The molecule has 0 radical (unpaired) electrons. The molecule has 0 unspecified atom stereocenters. The van der Waals surface area contributed by atoms with E-state index in [0.29, 0.717) is 32.7 Å². The van der Waals surface area contributed by atoms with E-state index in [1.54, 1.807) is 66.2 Å². The number of rotatable bonds is 7. The minimum Gasteiger partial charge on any atom is -0.370 e. The molecule has 2 aromatic carbocycles. The summed E-state index contributed by atoms with van der Waals surface area (Å²) in [5, 5.41) is 11.8. The smallest absolute Gasteiger partial charge is 0.268 e. The maximum Gasteiger partial charge on any atom is 0.268 e. The fourth-order valence-electron chi connectivity index (χ4n) is 3.47. The first-order valence-electron chi connectivity index (χ1n) is 10.4. The molecular weight excluding hydrogens is 532 g/mol. The third-order valence-electron chi connectivity index (χ3n) is 5.29. The monoisotopic (exact) mass is 550 g/mol. The van der Waals surface area contributed by atoms with Crippen LogP contribution in [-0.4, -0.2) is 34.3 Å². The van der Waals surface area contributed by atoms with Crippen LogP contribution in [0.25, 0.3) is 11.0 Å². The minimum absolute atomic E-state index is 0.0672. The Kier molecular flexibility index (Phi) is 6.95. The number of hydrogen-bond donors (Lipinski definition) is 2. The highest BCUT2D eigenvalue weighted by Gasteiger charge is 2.19. The van der Waals surface area contributed by atoms with Crippen LogP contribution in [0.3, 0.4) is 0 Å². The fraction of sp³-hybridized carbons (Fsp3) is 0.125. The van der Waals surface area contributed by atoms with Gasteiger partial charge in [0, 0.05) is 31.3 Å². The number of nitrogens with two attached hydrogens (primary N) is 1. The van der Waals surface area contributed by atoms with Crippen LogP contribution < -0.4 is 16.0 Å². The van der Waals surface area contributed by atoms with Gasteiger partial charge in [-0.2, -0.15) is 5.26 Å². The zero-order chi connectivity index (χ0) is 25.1. The third-order valence-corrected chi connectivity index (χ3v) is 6.91. The molecule has 3 amide bonds. The summed E-state index contributed by atoms with van der Waals surface area (Å²) in [6, 6.07) is 17.2. The van der Waals surface area contributed by atoms with Crippen molar-refractivity contribution in [2.45, 2.75) is 13.0 Å². The molecule has 0 aliphatic carbocycles. The Balaban J connectivity index is 1.66. The number of primary amides is 1. The van der Waals surface area contributed by atoms with Gasteiger partial charge in [0.15, 0.2) is 0 Å². The number of fused-ring (bicyclic) bond motifs is 1. The fourth-order valence-corrected chi connectivity index (χ4v) is 4.75. The summed E-state index contributed by atoms with van der Waals surface area (Å²) in [6.07, 6.45) is 0.0672. The molecule has 2 aromatic heterocycles. The van der Waals surface area contributed by atoms with Gasteiger partial charge in [0.1, 0.15) is 0 Å². The summed E-state index contributed by atoms with van der Waals surface area (Å²) in [4.78, 5) is 43.6. The van der Waals surface area contributed by atoms with Crippen molar-refractivity contribution in [2.24, 2.45) is 5.73 Å². The van der Waals surface area contributed by atoms with E-state index < -0.39 is 5.91 Å². The molecule has 0 aliphatic rings. The summed E-state index contributed by atoms with van der Waals surface area (Å²) in [5.74, 6) is -0.784. The number of nitrogens with one attached hydrogen (secondary N) is 1. The Labute approximate surface area is 212 Å². The number of aryl methyl sites for hydroxylation is 1. The molecule has 0 spiro atoms. The average Bonchev–Trinajstić information content (AvgIpc) is 3.44. The van der Waals surface area contributed by atoms with Crippen LogP contribution in [0.5, 0.6) is 0 Å². The predicted molar refractivity (Wildman–Crippen MR) is 137 cm³/mol. The van der Waals surface area contributed by atoms with Crippen LogP contribution in [0.4, 0.5) is 11.6 Å². The Hall–Kier alpha value is -4.01. The van der Waals surface area contributed by atoms with E-state index in [2.05, 4.69) is 26.2 Å². The number of anilines is 2. The van der Waals surface area contributed by atoms with E-state index in [1.807, 2.05) is 6.07 Å². The second kappa shape index (κ2) is 10.1. The number of imidazole rings is 1. The number of thiophene rings is 1. The first kappa shape index (κ1) is 24.1. The SMILES string of the molecule is CN(C(=O)c1ccc(C#N)cc1)c1ccc2c(c1)nc(NC(=O)c1ccc(Br)s1)n2CCC(N)=O. The molecule has 4 rings (SSSR count). The molecule has 0 bridgehead atoms. The molecule has 9 nitrogen and oxygen atoms in total. The van der Waals surface area contributed by atoms with Gasteiger partial charge in [0.05, 0.1) is 31.3 Å². The lowest BCUT2D eigenvalue weighted by Gasteiger charge is -2.17. The number of nitrogens with zero attached hydrogens (tertiary/aromatic N) is 4. The molecule has 0 saturated carbocycles. The lowest BCUT2D eigenvalue weighted by molar-refractivity contribution is -0.118. The minimum atomic E-state index is -0.476. The van der Waals surface area contributed by atoms with E-state index >= 15 is 0 Å². The second-order valence-corrected chi connectivity index (χ2v) is 10.1. The van der Waals surface area contributed by atoms with Crippen molar-refractivity contribution in [3.63, 3.8) is 0 Å². The molecule has 0 saturated heterocycles. The number of halogens is 1. The maximum absolute atomic E-state index is 12.9. The molecule has 4 aromatic rings. The standard InChI is InChI=1S/C24H19BrN6O3S/c1-30(23(34)15-4-2-14(13-26)3-5-15)16-6-7-18-17(12-16)28-24(31(18)11-10-21(27)32)29-22(33)19-8-9-20(25)35-19/h2-9,12H,10-11H2,1H3,(H2,27,32)(H,28,29,33). The zero-order valence-corrected chi connectivity index (χ0v) is 20.9. The Morgan fingerprint density at radius 2 is 1.91 bits per heavy atom. The van der Waals surface area contributed by atoms with Crippen LogP contribution in [0.1, 0.15) is 32.0 Å². The van der Waals surface area contributed by atoms with Crippen molar-refractivity contribution >= 4 is 67.7 Å². The molecule has 11 heteroatoms. The molecular formula is C24H19BrN6O3S. The van der Waals surface area contributed by atoms with Gasteiger partial charge in [0.2, 0.25) is 11.9 Å². The lowest BCUT2D eigenvalue weighted by atomic mass is 10.1. The molecule has 35 heavy (non-hydrogen) atoms.